The molecule has 4 rings (SSSR count). The van der Waals surface area contributed by atoms with Crippen molar-refractivity contribution < 1.29 is 0 Å². The molecule has 0 aliphatic rings. The van der Waals surface area contributed by atoms with Crippen LogP contribution >= 0.6 is 11.6 Å². The number of rotatable bonds is 2. The second-order valence-electron chi connectivity index (χ2n) is 5.74. The van der Waals surface area contributed by atoms with E-state index in [1.807, 2.05) is 29.7 Å². The number of aromatic nitrogens is 5. The highest BCUT2D eigenvalue weighted by molar-refractivity contribution is 6.35. The van der Waals surface area contributed by atoms with Crippen LogP contribution in [0.4, 0.5) is 17.6 Å². The lowest BCUT2D eigenvalue weighted by atomic mass is 10.1. The number of hydrogen-bond donors (Lipinski definition) is 3. The largest absolute Gasteiger partial charge is 0.383 e. The Morgan fingerprint density at radius 1 is 1.04 bits per heavy atom. The van der Waals surface area contributed by atoms with Gasteiger partial charge in [-0.25, -0.2) is 9.97 Å². The Hall–Kier alpha value is -3.13. The van der Waals surface area contributed by atoms with Crippen LogP contribution in [0.25, 0.3) is 22.1 Å². The van der Waals surface area contributed by atoms with Crippen LogP contribution in [0.15, 0.2) is 30.6 Å². The number of halogens is 1. The Bertz CT molecular complexity index is 1120. The van der Waals surface area contributed by atoms with Gasteiger partial charge in [0.15, 0.2) is 11.5 Å². The van der Waals surface area contributed by atoms with Gasteiger partial charge < -0.3 is 21.8 Å². The molecule has 0 saturated carbocycles. The minimum atomic E-state index is -0.186. The zero-order valence-corrected chi connectivity index (χ0v) is 14.1. The normalized spacial score (nSPS) is 12.7. The van der Waals surface area contributed by atoms with E-state index in [9.17, 15) is 0 Å². The Kier molecular flexibility index (Phi) is 3.36. The Morgan fingerprint density at radius 2 is 1.84 bits per heavy atom. The van der Waals surface area contributed by atoms with Gasteiger partial charge in [-0.15, -0.1) is 0 Å². The number of nitrogens with zero attached hydrogens (tertiary/aromatic N) is 5. The summed E-state index contributed by atoms with van der Waals surface area (Å²) in [7, 11) is 0. The van der Waals surface area contributed by atoms with E-state index in [0.29, 0.717) is 27.5 Å². The van der Waals surface area contributed by atoms with Crippen LogP contribution in [0, 0.1) is 0 Å². The first-order chi connectivity index (χ1) is 12.0. The van der Waals surface area contributed by atoms with Crippen LogP contribution in [0.5, 0.6) is 0 Å². The van der Waals surface area contributed by atoms with E-state index in [2.05, 4.69) is 19.9 Å². The number of fused-ring (bicyclic) bond motifs is 2. The summed E-state index contributed by atoms with van der Waals surface area (Å²) < 4.78 is 1.84. The van der Waals surface area contributed by atoms with Gasteiger partial charge >= 0.3 is 0 Å². The molecule has 0 fully saturated rings. The smallest absolute Gasteiger partial charge is 0.224 e. The van der Waals surface area contributed by atoms with Gasteiger partial charge in [0.05, 0.1) is 22.9 Å². The van der Waals surface area contributed by atoms with Gasteiger partial charge in [0.25, 0.3) is 0 Å². The molecule has 9 heteroatoms. The van der Waals surface area contributed by atoms with Gasteiger partial charge in [-0.05, 0) is 19.1 Å². The van der Waals surface area contributed by atoms with E-state index in [-0.39, 0.29) is 17.8 Å². The third-order valence-corrected chi connectivity index (χ3v) is 4.50. The monoisotopic (exact) mass is 354 g/mol. The highest BCUT2D eigenvalue weighted by Crippen LogP contribution is 2.31. The molecular formula is C16H15ClN8. The van der Waals surface area contributed by atoms with Gasteiger partial charge in [-0.3, -0.25) is 0 Å². The number of hydrogen-bond acceptors (Lipinski definition) is 7. The van der Waals surface area contributed by atoms with Crippen LogP contribution in [0.2, 0.25) is 5.02 Å². The number of para-hydroxylation sites is 1. The topological polar surface area (TPSA) is 135 Å². The number of nitrogen functional groups attached to an aromatic ring is 3. The predicted molar refractivity (Wildman–Crippen MR) is 99.1 cm³/mol. The summed E-state index contributed by atoms with van der Waals surface area (Å²) >= 11 is 6.20. The molecule has 0 bridgehead atoms. The summed E-state index contributed by atoms with van der Waals surface area (Å²) in [6, 6.07) is 7.38. The van der Waals surface area contributed by atoms with Crippen molar-refractivity contribution in [3.63, 3.8) is 0 Å². The molecule has 0 aliphatic heterocycles. The molecule has 1 aromatic carbocycles. The first kappa shape index (κ1) is 15.4. The number of nitrogens with two attached hydrogens (primary N) is 3. The van der Waals surface area contributed by atoms with E-state index in [1.54, 1.807) is 12.4 Å². The van der Waals surface area contributed by atoms with Crippen LogP contribution in [0.1, 0.15) is 18.5 Å². The van der Waals surface area contributed by atoms with E-state index < -0.39 is 0 Å². The molecule has 0 saturated heterocycles. The molecule has 3 heterocycles. The Labute approximate surface area is 147 Å². The number of pyridine rings is 1. The SMILES string of the molecule is CC(c1cc2cccc(Cl)c2nc1N)n1cnc2c(N)nc(N)nc21. The number of anilines is 3. The summed E-state index contributed by atoms with van der Waals surface area (Å²) in [5.41, 5.74) is 20.3. The summed E-state index contributed by atoms with van der Waals surface area (Å²) in [5.74, 6) is 0.727. The lowest BCUT2D eigenvalue weighted by Crippen LogP contribution is -2.11. The molecule has 0 spiro atoms. The molecule has 126 valence electrons. The van der Waals surface area contributed by atoms with Gasteiger partial charge in [0, 0.05) is 10.9 Å². The van der Waals surface area contributed by atoms with E-state index in [0.717, 1.165) is 10.9 Å². The molecule has 4 aromatic rings. The highest BCUT2D eigenvalue weighted by atomic mass is 35.5. The Balaban J connectivity index is 1.91. The molecule has 0 radical (unpaired) electrons. The maximum absolute atomic E-state index is 6.20. The van der Waals surface area contributed by atoms with Gasteiger partial charge in [-0.2, -0.15) is 9.97 Å². The van der Waals surface area contributed by atoms with Crippen molar-refractivity contribution in [3.8, 4) is 0 Å². The predicted octanol–water partition coefficient (Wildman–Crippen LogP) is 2.38. The summed E-state index contributed by atoms with van der Waals surface area (Å²) in [4.78, 5) is 16.9. The molecule has 1 atom stereocenters. The average molecular weight is 355 g/mol. The minimum absolute atomic E-state index is 0.0929. The molecule has 0 amide bonds. The highest BCUT2D eigenvalue weighted by Gasteiger charge is 2.19. The molecular weight excluding hydrogens is 340 g/mol. The number of benzene rings is 1. The lowest BCUT2D eigenvalue weighted by molar-refractivity contribution is 0.653. The summed E-state index contributed by atoms with van der Waals surface area (Å²) in [6.45, 7) is 1.97. The van der Waals surface area contributed by atoms with Gasteiger partial charge in [0.2, 0.25) is 5.95 Å². The van der Waals surface area contributed by atoms with Crippen molar-refractivity contribution in [2.45, 2.75) is 13.0 Å². The third-order valence-electron chi connectivity index (χ3n) is 4.19. The quantitative estimate of drug-likeness (QED) is 0.503. The van der Waals surface area contributed by atoms with Crippen molar-refractivity contribution in [1.29, 1.82) is 0 Å². The van der Waals surface area contributed by atoms with Crippen molar-refractivity contribution in [3.05, 3.63) is 41.2 Å². The molecule has 25 heavy (non-hydrogen) atoms. The zero-order valence-electron chi connectivity index (χ0n) is 13.3. The molecule has 1 unspecified atom stereocenters. The molecule has 6 N–H and O–H groups in total. The molecule has 3 aromatic heterocycles. The third kappa shape index (κ3) is 2.38. The van der Waals surface area contributed by atoms with Gasteiger partial charge in [-0.1, -0.05) is 23.7 Å². The fourth-order valence-corrected chi connectivity index (χ4v) is 3.14. The lowest BCUT2D eigenvalue weighted by Gasteiger charge is -2.17. The summed E-state index contributed by atoms with van der Waals surface area (Å²) in [5, 5.41) is 1.46. The van der Waals surface area contributed by atoms with Crippen LogP contribution < -0.4 is 17.2 Å². The number of imidazole rings is 1. The first-order valence-corrected chi connectivity index (χ1v) is 7.93. The zero-order chi connectivity index (χ0) is 17.7. The standard InChI is InChI=1S/C16H15ClN8/c1-7(25-6-21-12-14(19)23-16(20)24-15(12)25)9-5-8-3-2-4-10(17)11(8)22-13(9)18/h2-7H,1H3,(H2,18,22)(H4,19,20,23,24). The van der Waals surface area contributed by atoms with Crippen LogP contribution in [-0.2, 0) is 0 Å². The van der Waals surface area contributed by atoms with Crippen molar-refractivity contribution in [1.82, 2.24) is 24.5 Å². The van der Waals surface area contributed by atoms with E-state index in [1.165, 1.54) is 0 Å². The van der Waals surface area contributed by atoms with Crippen molar-refractivity contribution in [2.24, 2.45) is 0 Å². The maximum Gasteiger partial charge on any atom is 0.224 e. The fraction of sp³-hybridized carbons (Fsp3) is 0.125. The van der Waals surface area contributed by atoms with Crippen LogP contribution in [0.3, 0.4) is 0 Å². The maximum atomic E-state index is 6.20. The second kappa shape index (κ2) is 5.45. The van der Waals surface area contributed by atoms with Crippen LogP contribution in [-0.4, -0.2) is 24.5 Å². The van der Waals surface area contributed by atoms with Crippen molar-refractivity contribution >= 4 is 51.3 Å². The molecule has 0 aliphatic carbocycles. The van der Waals surface area contributed by atoms with E-state index >= 15 is 0 Å². The second-order valence-corrected chi connectivity index (χ2v) is 6.15. The van der Waals surface area contributed by atoms with Crippen molar-refractivity contribution in [2.75, 3.05) is 17.2 Å². The van der Waals surface area contributed by atoms with Gasteiger partial charge in [0.1, 0.15) is 11.3 Å². The molecule has 8 nitrogen and oxygen atoms in total. The summed E-state index contributed by atoms with van der Waals surface area (Å²) in [6.07, 6.45) is 1.64. The fourth-order valence-electron chi connectivity index (χ4n) is 2.92. The average Bonchev–Trinajstić information content (AvgIpc) is 2.98. The van der Waals surface area contributed by atoms with E-state index in [4.69, 9.17) is 28.8 Å². The first-order valence-electron chi connectivity index (χ1n) is 7.56. The Morgan fingerprint density at radius 3 is 2.64 bits per heavy atom. The minimum Gasteiger partial charge on any atom is -0.383 e.